The van der Waals surface area contributed by atoms with E-state index in [0.29, 0.717) is 5.41 Å². The molecular weight excluding hydrogens is 328 g/mol. The fourth-order valence-corrected chi connectivity index (χ4v) is 5.25. The van der Waals surface area contributed by atoms with Crippen LogP contribution in [0.15, 0.2) is 30.3 Å². The molecule has 4 rings (SSSR count). The van der Waals surface area contributed by atoms with Crippen molar-refractivity contribution < 1.29 is 0 Å². The number of hydrogen-bond donors (Lipinski definition) is 0. The molecule has 2 fully saturated rings. The number of piperidine rings is 2. The Kier molecular flexibility index (Phi) is 7.16. The van der Waals surface area contributed by atoms with Gasteiger partial charge in [-0.25, -0.2) is 0 Å². The summed E-state index contributed by atoms with van der Waals surface area (Å²) in [5.41, 5.74) is 5.03. The highest BCUT2D eigenvalue weighted by Gasteiger charge is 2.40. The molecule has 1 aromatic carbocycles. The van der Waals surface area contributed by atoms with Crippen LogP contribution in [0.4, 0.5) is 0 Å². The van der Waals surface area contributed by atoms with Crippen molar-refractivity contribution in [3.63, 3.8) is 0 Å². The molecule has 1 aromatic rings. The van der Waals surface area contributed by atoms with Crippen LogP contribution < -0.4 is 0 Å². The topological polar surface area (TPSA) is 6.48 Å². The number of fused-ring (bicyclic) bond motifs is 2. The van der Waals surface area contributed by atoms with Crippen LogP contribution in [0.2, 0.25) is 0 Å². The maximum absolute atomic E-state index is 2.81. The lowest BCUT2D eigenvalue weighted by Crippen LogP contribution is -2.51. The first-order valence-electron chi connectivity index (χ1n) is 11.4. The van der Waals surface area contributed by atoms with Crippen molar-refractivity contribution in [2.45, 2.75) is 77.7 Å². The first-order valence-corrected chi connectivity index (χ1v) is 11.4. The predicted octanol–water partition coefficient (Wildman–Crippen LogP) is 5.73. The van der Waals surface area contributed by atoms with E-state index in [-0.39, 0.29) is 0 Å². The molecule has 2 heterocycles. The fourth-order valence-electron chi connectivity index (χ4n) is 5.25. The van der Waals surface area contributed by atoms with E-state index in [1.807, 2.05) is 0 Å². The molecule has 0 N–H and O–H groups in total. The zero-order chi connectivity index (χ0) is 19.3. The van der Waals surface area contributed by atoms with Crippen LogP contribution in [0.5, 0.6) is 0 Å². The van der Waals surface area contributed by atoms with E-state index in [4.69, 9.17) is 0 Å². The van der Waals surface area contributed by atoms with Crippen LogP contribution in [0.3, 0.4) is 0 Å². The third kappa shape index (κ3) is 4.49. The average Bonchev–Trinajstić information content (AvgIpc) is 2.73. The van der Waals surface area contributed by atoms with E-state index in [2.05, 4.69) is 67.8 Å². The second-order valence-corrected chi connectivity index (χ2v) is 8.83. The van der Waals surface area contributed by atoms with Gasteiger partial charge in [0.15, 0.2) is 0 Å². The van der Waals surface area contributed by atoms with Crippen LogP contribution in [0, 0.1) is 0 Å². The van der Waals surface area contributed by atoms with Gasteiger partial charge in [-0.1, -0.05) is 57.5 Å². The van der Waals surface area contributed by atoms with E-state index < -0.39 is 0 Å². The summed E-state index contributed by atoms with van der Waals surface area (Å²) in [6.45, 7) is 15.2. The Morgan fingerprint density at radius 1 is 0.963 bits per heavy atom. The van der Waals surface area contributed by atoms with Gasteiger partial charge in [-0.15, -0.1) is 0 Å². The van der Waals surface area contributed by atoms with Gasteiger partial charge in [0.1, 0.15) is 0 Å². The lowest BCUT2D eigenvalue weighted by molar-refractivity contribution is 0.0697. The van der Waals surface area contributed by atoms with Gasteiger partial charge >= 0.3 is 0 Å². The smallest absolute Gasteiger partial charge is 0.0120 e. The van der Waals surface area contributed by atoms with Gasteiger partial charge in [-0.2, -0.15) is 0 Å². The molecule has 2 heteroatoms. The minimum absolute atomic E-state index is 0.413. The molecule has 0 amide bonds. The maximum atomic E-state index is 2.81. The summed E-state index contributed by atoms with van der Waals surface area (Å²) in [6.07, 6.45) is 10.4. The third-order valence-electron chi connectivity index (χ3n) is 7.00. The second-order valence-electron chi connectivity index (χ2n) is 8.83. The molecule has 150 valence electrons. The van der Waals surface area contributed by atoms with E-state index in [0.717, 1.165) is 6.04 Å². The molecule has 1 aliphatic carbocycles. The van der Waals surface area contributed by atoms with Crippen LogP contribution in [-0.2, 0) is 5.41 Å². The minimum atomic E-state index is 0.413. The number of likely N-dealkylation sites (tertiary alicyclic amines) is 2. The predicted molar refractivity (Wildman–Crippen MR) is 118 cm³/mol. The lowest BCUT2D eigenvalue weighted by Gasteiger charge is -2.48. The molecular formula is C25H40N2. The van der Waals surface area contributed by atoms with E-state index >= 15 is 0 Å². The largest absolute Gasteiger partial charge is 0.303 e. The monoisotopic (exact) mass is 368 g/mol. The summed E-state index contributed by atoms with van der Waals surface area (Å²) in [6, 6.07) is 10.0. The Labute approximate surface area is 167 Å². The first kappa shape index (κ1) is 20.6. The Morgan fingerprint density at radius 2 is 1.59 bits per heavy atom. The van der Waals surface area contributed by atoms with E-state index in [9.17, 15) is 0 Å². The second kappa shape index (κ2) is 9.39. The molecule has 1 spiro atoms. The molecule has 0 bridgehead atoms. The van der Waals surface area contributed by atoms with Crippen LogP contribution in [0.1, 0.15) is 77.3 Å². The van der Waals surface area contributed by atoms with Gasteiger partial charge in [-0.05, 0) is 88.5 Å². The third-order valence-corrected chi connectivity index (χ3v) is 7.00. The normalized spacial score (nSPS) is 23.3. The summed E-state index contributed by atoms with van der Waals surface area (Å²) >= 11 is 0. The van der Waals surface area contributed by atoms with Crippen molar-refractivity contribution in [1.29, 1.82) is 0 Å². The highest BCUT2D eigenvalue weighted by molar-refractivity contribution is 5.70. The van der Waals surface area contributed by atoms with Gasteiger partial charge in [0.25, 0.3) is 0 Å². The summed E-state index contributed by atoms with van der Waals surface area (Å²) in [7, 11) is 0. The standard InChI is InChI=1S/C22H32N2.C3H8/c1-3-23-14-9-19(10-15-23)24-16-12-22(13-17-24)11-8-18(2)20-6-4-5-7-21(20)22;1-3-2/h4-8,19H,3,9-17H2,1-2H3;3H2,1-2H3. The highest BCUT2D eigenvalue weighted by Crippen LogP contribution is 2.46. The lowest BCUT2D eigenvalue weighted by atomic mass is 9.65. The van der Waals surface area contributed by atoms with Gasteiger partial charge < -0.3 is 9.80 Å². The van der Waals surface area contributed by atoms with Crippen molar-refractivity contribution in [2.24, 2.45) is 0 Å². The van der Waals surface area contributed by atoms with Crippen molar-refractivity contribution >= 4 is 5.57 Å². The van der Waals surface area contributed by atoms with E-state index in [1.165, 1.54) is 82.4 Å². The summed E-state index contributed by atoms with van der Waals surface area (Å²) in [5.74, 6) is 0. The van der Waals surface area contributed by atoms with Crippen LogP contribution in [0.25, 0.3) is 5.57 Å². The Hall–Kier alpha value is -1.12. The molecule has 0 atom stereocenters. The minimum Gasteiger partial charge on any atom is -0.303 e. The molecule has 27 heavy (non-hydrogen) atoms. The summed E-state index contributed by atoms with van der Waals surface area (Å²) in [5, 5.41) is 0. The Bertz CT molecular complexity index is 617. The molecule has 3 aliphatic rings. The molecule has 0 saturated carbocycles. The number of benzene rings is 1. The number of nitrogens with zero attached hydrogens (tertiary/aromatic N) is 2. The first-order chi connectivity index (χ1) is 13.1. The van der Waals surface area contributed by atoms with Crippen molar-refractivity contribution in [3.05, 3.63) is 41.5 Å². The highest BCUT2D eigenvalue weighted by atomic mass is 15.2. The van der Waals surface area contributed by atoms with Gasteiger partial charge in [0, 0.05) is 11.5 Å². The van der Waals surface area contributed by atoms with Crippen LogP contribution >= 0.6 is 0 Å². The number of allylic oxidation sites excluding steroid dienone is 2. The van der Waals surface area contributed by atoms with Gasteiger partial charge in [0.05, 0.1) is 0 Å². The molecule has 0 unspecified atom stereocenters. The quantitative estimate of drug-likeness (QED) is 0.658. The average molecular weight is 369 g/mol. The maximum Gasteiger partial charge on any atom is 0.0120 e. The van der Waals surface area contributed by atoms with Gasteiger partial charge in [-0.3, -0.25) is 0 Å². The van der Waals surface area contributed by atoms with Crippen molar-refractivity contribution in [3.8, 4) is 0 Å². The van der Waals surface area contributed by atoms with E-state index in [1.54, 1.807) is 5.56 Å². The molecule has 0 aromatic heterocycles. The zero-order valence-electron chi connectivity index (χ0n) is 18.1. The fraction of sp³-hybridized carbons (Fsp3) is 0.680. The summed E-state index contributed by atoms with van der Waals surface area (Å²) < 4.78 is 0. The number of hydrogen-bond acceptors (Lipinski definition) is 2. The Balaban J connectivity index is 0.000000659. The molecule has 2 nitrogen and oxygen atoms in total. The molecule has 2 saturated heterocycles. The Morgan fingerprint density at radius 3 is 2.22 bits per heavy atom. The summed E-state index contributed by atoms with van der Waals surface area (Å²) in [4.78, 5) is 5.42. The number of rotatable bonds is 2. The van der Waals surface area contributed by atoms with Crippen molar-refractivity contribution in [1.82, 2.24) is 9.80 Å². The van der Waals surface area contributed by atoms with Gasteiger partial charge in [0.2, 0.25) is 0 Å². The zero-order valence-corrected chi connectivity index (χ0v) is 18.1. The molecule has 0 radical (unpaired) electrons. The van der Waals surface area contributed by atoms with Crippen molar-refractivity contribution in [2.75, 3.05) is 32.7 Å². The van der Waals surface area contributed by atoms with Crippen LogP contribution in [-0.4, -0.2) is 48.6 Å². The molecule has 2 aliphatic heterocycles. The SMILES string of the molecule is CCC.CCN1CCC(N2CCC3(CC=C(C)c4ccccc43)CC2)CC1.